The van der Waals surface area contributed by atoms with Gasteiger partial charge in [0.05, 0.1) is 5.41 Å². The van der Waals surface area contributed by atoms with Crippen molar-refractivity contribution in [3.8, 4) is 33.4 Å². The minimum absolute atomic E-state index is 0.286. The Balaban J connectivity index is 1.16. The van der Waals surface area contributed by atoms with E-state index >= 15 is 0 Å². The molecule has 0 amide bonds. The van der Waals surface area contributed by atoms with Crippen LogP contribution in [0.25, 0.3) is 53.6 Å². The molecule has 1 N–H and O–H groups in total. The van der Waals surface area contributed by atoms with Gasteiger partial charge in [-0.15, -0.1) is 11.3 Å². The highest BCUT2D eigenvalue weighted by molar-refractivity contribution is 7.26. The first-order valence-corrected chi connectivity index (χ1v) is 20.0. The first-order valence-electron chi connectivity index (χ1n) is 19.2. The van der Waals surface area contributed by atoms with E-state index in [0.717, 1.165) is 28.4 Å². The topological polar surface area (TPSA) is 36.8 Å². The third-order valence-electron chi connectivity index (χ3n) is 11.9. The zero-order chi connectivity index (χ0) is 36.8. The van der Waals surface area contributed by atoms with Crippen LogP contribution in [-0.4, -0.2) is 11.7 Å². The summed E-state index contributed by atoms with van der Waals surface area (Å²) in [5.74, 6) is 1.54. The van der Waals surface area contributed by atoms with Crippen LogP contribution in [0.3, 0.4) is 0 Å². The van der Waals surface area contributed by atoms with Crippen molar-refractivity contribution in [3.63, 3.8) is 0 Å². The average Bonchev–Trinajstić information content (AvgIpc) is 3.91. The monoisotopic (exact) mass is 731 g/mol. The van der Waals surface area contributed by atoms with Gasteiger partial charge in [0.2, 0.25) is 0 Å². The predicted molar refractivity (Wildman–Crippen MR) is 233 cm³/mol. The first-order chi connectivity index (χ1) is 27.8. The molecule has 262 valence electrons. The molecule has 0 saturated heterocycles. The van der Waals surface area contributed by atoms with E-state index in [1.165, 1.54) is 75.8 Å². The quantitative estimate of drug-likeness (QED) is 0.192. The Kier molecular flexibility index (Phi) is 6.78. The fourth-order valence-corrected chi connectivity index (χ4v) is 10.9. The summed E-state index contributed by atoms with van der Waals surface area (Å²) in [6, 6.07) is 68.5. The lowest BCUT2D eigenvalue weighted by Crippen LogP contribution is -2.33. The van der Waals surface area contributed by atoms with Crippen LogP contribution in [0.4, 0.5) is 0 Å². The number of thiophene rings is 1. The molecule has 3 nitrogen and oxygen atoms in total. The van der Waals surface area contributed by atoms with Crippen LogP contribution in [0.1, 0.15) is 45.1 Å². The molecule has 4 heteroatoms. The maximum Gasteiger partial charge on any atom is 0.159 e. The molecule has 56 heavy (non-hydrogen) atoms. The summed E-state index contributed by atoms with van der Waals surface area (Å²) in [5, 5.41) is 6.32. The van der Waals surface area contributed by atoms with Gasteiger partial charge in [-0.3, -0.25) is 0 Å². The fraction of sp³-hybridized carbons (Fsp3) is 0.0385. The van der Waals surface area contributed by atoms with E-state index in [4.69, 9.17) is 9.98 Å². The standard InChI is InChI=1S/C52H33N3S/c1-3-16-32(17-4-1)49-53-50(33-18-5-2-6-19-33)55-51(54-49)34-30-41(47-40-23-10-14-29-45(40)56-46(47)31-34)39-25-15-24-38-37-22-9-13-28-44(37)52(48(38)39)42-26-11-7-20-35(42)36-21-8-12-27-43(36)52/h1-31,49H,(H,53,54,55). The van der Waals surface area contributed by atoms with Crippen LogP contribution in [0.5, 0.6) is 0 Å². The van der Waals surface area contributed by atoms with Gasteiger partial charge in [0.1, 0.15) is 12.0 Å². The summed E-state index contributed by atoms with van der Waals surface area (Å²) in [4.78, 5) is 10.4. The number of amidine groups is 2. The summed E-state index contributed by atoms with van der Waals surface area (Å²) >= 11 is 1.85. The molecule has 1 spiro atoms. The highest BCUT2D eigenvalue weighted by Crippen LogP contribution is 2.64. The van der Waals surface area contributed by atoms with Crippen LogP contribution in [-0.2, 0) is 5.41 Å². The van der Waals surface area contributed by atoms with Gasteiger partial charge >= 0.3 is 0 Å². The fourth-order valence-electron chi connectivity index (χ4n) is 9.70. The van der Waals surface area contributed by atoms with Crippen molar-refractivity contribution < 1.29 is 0 Å². The average molecular weight is 732 g/mol. The molecule has 1 atom stereocenters. The molecule has 2 heterocycles. The van der Waals surface area contributed by atoms with Gasteiger partial charge in [0.15, 0.2) is 5.84 Å². The zero-order valence-electron chi connectivity index (χ0n) is 30.3. The lowest BCUT2D eigenvalue weighted by molar-refractivity contribution is 0.674. The molecule has 0 radical (unpaired) electrons. The molecular formula is C52H33N3S. The van der Waals surface area contributed by atoms with Gasteiger partial charge in [0, 0.05) is 31.3 Å². The van der Waals surface area contributed by atoms with Crippen molar-refractivity contribution >= 4 is 43.2 Å². The molecule has 1 aromatic heterocycles. The number of nitrogens with zero attached hydrogens (tertiary/aromatic N) is 2. The maximum absolute atomic E-state index is 5.29. The first kappa shape index (κ1) is 31.5. The van der Waals surface area contributed by atoms with Crippen LogP contribution >= 0.6 is 11.3 Å². The Morgan fingerprint density at radius 3 is 1.71 bits per heavy atom. The Morgan fingerprint density at radius 2 is 1.02 bits per heavy atom. The normalized spacial score (nSPS) is 15.8. The summed E-state index contributed by atoms with van der Waals surface area (Å²) in [6.07, 6.45) is -0.286. The van der Waals surface area contributed by atoms with Gasteiger partial charge in [-0.2, -0.15) is 0 Å². The number of aliphatic imine (C=N–C) groups is 2. The summed E-state index contributed by atoms with van der Waals surface area (Å²) in [6.45, 7) is 0. The predicted octanol–water partition coefficient (Wildman–Crippen LogP) is 12.6. The van der Waals surface area contributed by atoms with Crippen molar-refractivity contribution in [2.24, 2.45) is 9.98 Å². The highest BCUT2D eigenvalue weighted by Gasteiger charge is 2.52. The second-order valence-electron chi connectivity index (χ2n) is 14.8. The maximum atomic E-state index is 5.29. The molecule has 12 rings (SSSR count). The molecule has 3 aliphatic rings. The number of rotatable bonds is 4. The van der Waals surface area contributed by atoms with Crippen LogP contribution < -0.4 is 5.32 Å². The van der Waals surface area contributed by atoms with Crippen molar-refractivity contribution in [1.82, 2.24) is 5.32 Å². The molecule has 0 bridgehead atoms. The minimum Gasteiger partial charge on any atom is -0.344 e. The number of nitrogens with one attached hydrogen (secondary N) is 1. The van der Waals surface area contributed by atoms with Crippen molar-refractivity contribution in [2.45, 2.75) is 11.6 Å². The third-order valence-corrected chi connectivity index (χ3v) is 13.1. The van der Waals surface area contributed by atoms with Crippen LogP contribution in [0.2, 0.25) is 0 Å². The summed E-state index contributed by atoms with van der Waals surface area (Å²) < 4.78 is 2.51. The van der Waals surface area contributed by atoms with Crippen molar-refractivity contribution in [1.29, 1.82) is 0 Å². The lowest BCUT2D eigenvalue weighted by atomic mass is 9.68. The molecule has 2 aliphatic carbocycles. The van der Waals surface area contributed by atoms with Gasteiger partial charge in [0.25, 0.3) is 0 Å². The van der Waals surface area contributed by atoms with Gasteiger partial charge in [-0.05, 0) is 79.4 Å². The number of hydrogen-bond donors (Lipinski definition) is 1. The Bertz CT molecular complexity index is 3060. The molecule has 9 aromatic rings. The Labute approximate surface area is 329 Å². The van der Waals surface area contributed by atoms with E-state index in [2.05, 4.69) is 187 Å². The van der Waals surface area contributed by atoms with Gasteiger partial charge < -0.3 is 5.32 Å². The van der Waals surface area contributed by atoms with E-state index in [0.29, 0.717) is 0 Å². The minimum atomic E-state index is -0.476. The molecule has 1 aliphatic heterocycles. The summed E-state index contributed by atoms with van der Waals surface area (Å²) in [7, 11) is 0. The highest BCUT2D eigenvalue weighted by atomic mass is 32.1. The van der Waals surface area contributed by atoms with E-state index in [-0.39, 0.29) is 6.17 Å². The van der Waals surface area contributed by atoms with Gasteiger partial charge in [-0.25, -0.2) is 9.98 Å². The van der Waals surface area contributed by atoms with Crippen LogP contribution in [0.15, 0.2) is 198 Å². The summed E-state index contributed by atoms with van der Waals surface area (Å²) in [5.41, 5.74) is 15.7. The zero-order valence-corrected chi connectivity index (χ0v) is 31.1. The lowest BCUT2D eigenvalue weighted by Gasteiger charge is -2.32. The molecular weight excluding hydrogens is 699 g/mol. The van der Waals surface area contributed by atoms with Gasteiger partial charge in [-0.1, -0.05) is 170 Å². The van der Waals surface area contributed by atoms with E-state index in [1.54, 1.807) is 0 Å². The molecule has 1 unspecified atom stereocenters. The smallest absolute Gasteiger partial charge is 0.159 e. The number of fused-ring (bicyclic) bond motifs is 13. The second-order valence-corrected chi connectivity index (χ2v) is 15.9. The molecule has 0 saturated carbocycles. The van der Waals surface area contributed by atoms with E-state index in [1.807, 2.05) is 17.4 Å². The van der Waals surface area contributed by atoms with Crippen molar-refractivity contribution in [2.75, 3.05) is 0 Å². The van der Waals surface area contributed by atoms with Crippen molar-refractivity contribution in [3.05, 3.63) is 227 Å². The van der Waals surface area contributed by atoms with E-state index < -0.39 is 5.41 Å². The second kappa shape index (κ2) is 12.1. The van der Waals surface area contributed by atoms with E-state index in [9.17, 15) is 0 Å². The SMILES string of the molecule is c1ccc(C2=NC(c3ccccc3)NC(c3cc(-c4cccc5c4C4(c6ccccc6-c6ccccc64)c4ccccc4-5)c4c(c3)sc3ccccc34)=N2)cc1. The number of hydrogen-bond acceptors (Lipinski definition) is 4. The molecule has 8 aromatic carbocycles. The largest absolute Gasteiger partial charge is 0.344 e. The number of benzene rings is 8. The van der Waals surface area contributed by atoms with Crippen LogP contribution in [0, 0.1) is 0 Å². The Morgan fingerprint density at radius 1 is 0.464 bits per heavy atom. The molecule has 0 fully saturated rings. The Hall–Kier alpha value is -6.88. The third kappa shape index (κ3) is 4.39.